The molecule has 13 atom stereocenters. The minimum atomic E-state index is -1.97. The number of rotatable bonds is 7. The lowest BCUT2D eigenvalue weighted by Crippen LogP contribution is -2.82. The summed E-state index contributed by atoms with van der Waals surface area (Å²) in [5, 5.41) is 41.8. The SMILES string of the molecule is COCC12CCCC34C(NC1)C(C(OC)C23)C1(OC(C)=O)C(O)C(OC)C2(O)CC4(O)C1C2OC(=O)c1ccccc1. The molecule has 11 nitrogen and oxygen atoms in total. The number of hydrogen-bond acceptors (Lipinski definition) is 11. The standard InChI is InChI=1S/C31H41NO10/c1-16(33)42-31-18-19(39-3)20-27(15-38-2)11-8-12-28(20,22(18)32-14-27)30(37)13-29(36,25(40-4)23(31)34)24(21(30)31)41-26(35)17-9-6-5-7-10-17/h5-7,9-10,18-25,32,34,36-37H,8,11-15H2,1-4H3. The van der Waals surface area contributed by atoms with Crippen molar-refractivity contribution in [1.29, 1.82) is 0 Å². The first-order valence-electron chi connectivity index (χ1n) is 14.9. The number of nitrogens with one attached hydrogen (secondary N) is 1. The summed E-state index contributed by atoms with van der Waals surface area (Å²) in [4.78, 5) is 26.6. The van der Waals surface area contributed by atoms with Gasteiger partial charge in [0.25, 0.3) is 0 Å². The fraction of sp³-hybridized carbons (Fsp3) is 0.742. The third-order valence-electron chi connectivity index (χ3n) is 12.2. The van der Waals surface area contributed by atoms with Gasteiger partial charge in [-0.05, 0) is 25.0 Å². The van der Waals surface area contributed by atoms with Crippen LogP contribution < -0.4 is 5.32 Å². The average molecular weight is 588 g/mol. The third-order valence-corrected chi connectivity index (χ3v) is 12.2. The fourth-order valence-electron chi connectivity index (χ4n) is 11.5. The van der Waals surface area contributed by atoms with E-state index in [1.807, 2.05) is 0 Å². The number of carbonyl (C=O) groups is 2. The van der Waals surface area contributed by atoms with E-state index < -0.39 is 81.9 Å². The number of piperidine rings is 1. The summed E-state index contributed by atoms with van der Waals surface area (Å²) in [5.41, 5.74) is -6.52. The van der Waals surface area contributed by atoms with Crippen LogP contribution in [0.1, 0.15) is 43.0 Å². The molecule has 0 amide bonds. The zero-order chi connectivity index (χ0) is 29.9. The quantitative estimate of drug-likeness (QED) is 0.329. The highest BCUT2D eigenvalue weighted by Gasteiger charge is 2.93. The van der Waals surface area contributed by atoms with E-state index in [0.29, 0.717) is 19.6 Å². The maximum atomic E-state index is 13.6. The molecule has 7 rings (SSSR count). The molecule has 1 aliphatic heterocycles. The minimum Gasteiger partial charge on any atom is -0.455 e. The van der Waals surface area contributed by atoms with Gasteiger partial charge in [0.05, 0.1) is 29.8 Å². The van der Waals surface area contributed by atoms with E-state index in [0.717, 1.165) is 12.8 Å². The summed E-state index contributed by atoms with van der Waals surface area (Å²) in [6.45, 7) is 2.28. The first-order chi connectivity index (χ1) is 20.0. The number of aliphatic hydroxyl groups is 3. The molecule has 1 aromatic carbocycles. The molecule has 13 unspecified atom stereocenters. The predicted molar refractivity (Wildman–Crippen MR) is 145 cm³/mol. The Labute approximate surface area is 244 Å². The number of methoxy groups -OCH3 is 3. The van der Waals surface area contributed by atoms with Gasteiger partial charge in [-0.3, -0.25) is 4.79 Å². The van der Waals surface area contributed by atoms with Gasteiger partial charge < -0.3 is 44.3 Å². The number of carbonyl (C=O) groups excluding carboxylic acids is 2. The number of esters is 2. The highest BCUT2D eigenvalue weighted by atomic mass is 16.6. The second kappa shape index (κ2) is 9.20. The molecule has 5 aliphatic carbocycles. The van der Waals surface area contributed by atoms with E-state index >= 15 is 0 Å². The summed E-state index contributed by atoms with van der Waals surface area (Å²) in [6.07, 6.45) is -2.77. The van der Waals surface area contributed by atoms with E-state index in [1.54, 1.807) is 44.6 Å². The Morgan fingerprint density at radius 3 is 2.40 bits per heavy atom. The Kier molecular flexibility index (Phi) is 6.27. The zero-order valence-corrected chi connectivity index (χ0v) is 24.4. The van der Waals surface area contributed by atoms with Crippen molar-refractivity contribution in [1.82, 2.24) is 5.32 Å². The van der Waals surface area contributed by atoms with Gasteiger partial charge in [-0.15, -0.1) is 0 Å². The van der Waals surface area contributed by atoms with Crippen LogP contribution in [0.2, 0.25) is 0 Å². The Hall–Kier alpha value is -2.12. The van der Waals surface area contributed by atoms with Crippen molar-refractivity contribution in [3.8, 4) is 0 Å². The molecule has 0 radical (unpaired) electrons. The van der Waals surface area contributed by atoms with E-state index in [1.165, 1.54) is 14.0 Å². The molecule has 5 saturated carbocycles. The maximum Gasteiger partial charge on any atom is 0.338 e. The molecule has 7 bridgehead atoms. The van der Waals surface area contributed by atoms with Crippen molar-refractivity contribution >= 4 is 11.9 Å². The van der Waals surface area contributed by atoms with Crippen molar-refractivity contribution in [2.45, 2.75) is 79.9 Å². The van der Waals surface area contributed by atoms with Gasteiger partial charge in [-0.2, -0.15) is 0 Å². The van der Waals surface area contributed by atoms with Crippen LogP contribution in [0.15, 0.2) is 30.3 Å². The number of ether oxygens (including phenoxy) is 5. The largest absolute Gasteiger partial charge is 0.455 e. The molecule has 6 fully saturated rings. The van der Waals surface area contributed by atoms with Gasteiger partial charge in [-0.25, -0.2) is 4.79 Å². The molecule has 1 heterocycles. The van der Waals surface area contributed by atoms with Gasteiger partial charge in [-0.1, -0.05) is 24.6 Å². The second-order valence-electron chi connectivity index (χ2n) is 13.6. The maximum absolute atomic E-state index is 13.6. The Balaban J connectivity index is 1.49. The molecule has 6 aliphatic rings. The van der Waals surface area contributed by atoms with Crippen molar-refractivity contribution in [3.05, 3.63) is 35.9 Å². The summed E-state index contributed by atoms with van der Waals surface area (Å²) in [5.74, 6) is -3.41. The molecular formula is C31H41NO10. The van der Waals surface area contributed by atoms with Crippen LogP contribution in [0.25, 0.3) is 0 Å². The van der Waals surface area contributed by atoms with Crippen LogP contribution in [0.3, 0.4) is 0 Å². The average Bonchev–Trinajstić information content (AvgIpc) is 3.27. The molecule has 42 heavy (non-hydrogen) atoms. The molecule has 4 N–H and O–H groups in total. The normalized spacial score (nSPS) is 51.2. The smallest absolute Gasteiger partial charge is 0.338 e. The molecule has 11 heteroatoms. The highest BCUT2D eigenvalue weighted by Crippen LogP contribution is 2.80. The van der Waals surface area contributed by atoms with Crippen molar-refractivity contribution < 1.29 is 48.6 Å². The topological polar surface area (TPSA) is 153 Å². The van der Waals surface area contributed by atoms with E-state index in [9.17, 15) is 24.9 Å². The summed E-state index contributed by atoms with van der Waals surface area (Å²) < 4.78 is 30.3. The summed E-state index contributed by atoms with van der Waals surface area (Å²) >= 11 is 0. The number of benzene rings is 1. The molecule has 1 spiro atoms. The predicted octanol–water partition coefficient (Wildman–Crippen LogP) is 0.435. The van der Waals surface area contributed by atoms with Crippen LogP contribution in [0, 0.1) is 28.6 Å². The van der Waals surface area contributed by atoms with Crippen LogP contribution >= 0.6 is 0 Å². The lowest BCUT2D eigenvalue weighted by Gasteiger charge is -2.68. The number of fused-ring (bicyclic) bond motifs is 2. The number of aliphatic hydroxyl groups excluding tert-OH is 1. The van der Waals surface area contributed by atoms with Gasteiger partial charge in [0, 0.05) is 69.9 Å². The van der Waals surface area contributed by atoms with Crippen LogP contribution in [0.5, 0.6) is 0 Å². The van der Waals surface area contributed by atoms with Crippen molar-refractivity contribution in [2.75, 3.05) is 34.5 Å². The van der Waals surface area contributed by atoms with Gasteiger partial charge in [0.2, 0.25) is 0 Å². The molecule has 0 aromatic heterocycles. The lowest BCUT2D eigenvalue weighted by molar-refractivity contribution is -0.322. The third kappa shape index (κ3) is 3.05. The monoisotopic (exact) mass is 587 g/mol. The first kappa shape index (κ1) is 28.6. The van der Waals surface area contributed by atoms with Crippen LogP contribution in [0.4, 0.5) is 0 Å². The lowest BCUT2D eigenvalue weighted by atomic mass is 9.42. The van der Waals surface area contributed by atoms with Crippen LogP contribution in [-0.4, -0.2) is 109 Å². The first-order valence-corrected chi connectivity index (χ1v) is 14.9. The summed E-state index contributed by atoms with van der Waals surface area (Å²) in [7, 11) is 4.62. The van der Waals surface area contributed by atoms with E-state index in [-0.39, 0.29) is 17.9 Å². The molecule has 1 saturated heterocycles. The van der Waals surface area contributed by atoms with E-state index in [2.05, 4.69) is 5.32 Å². The zero-order valence-electron chi connectivity index (χ0n) is 24.4. The van der Waals surface area contributed by atoms with E-state index in [4.69, 9.17) is 23.7 Å². The summed E-state index contributed by atoms with van der Waals surface area (Å²) in [6, 6.07) is 7.98. The van der Waals surface area contributed by atoms with Gasteiger partial charge in [0.15, 0.2) is 5.60 Å². The van der Waals surface area contributed by atoms with Crippen LogP contribution in [-0.2, 0) is 28.5 Å². The van der Waals surface area contributed by atoms with Gasteiger partial charge in [0.1, 0.15) is 23.9 Å². The molecular weight excluding hydrogens is 546 g/mol. The van der Waals surface area contributed by atoms with Gasteiger partial charge >= 0.3 is 11.9 Å². The van der Waals surface area contributed by atoms with Crippen molar-refractivity contribution in [3.63, 3.8) is 0 Å². The number of hydrogen-bond donors (Lipinski definition) is 4. The fourth-order valence-corrected chi connectivity index (χ4v) is 11.5. The van der Waals surface area contributed by atoms with Crippen molar-refractivity contribution in [2.24, 2.45) is 28.6 Å². The second-order valence-corrected chi connectivity index (χ2v) is 13.6. The molecule has 230 valence electrons. The Bertz CT molecular complexity index is 1280. The Morgan fingerprint density at radius 2 is 1.76 bits per heavy atom. The minimum absolute atomic E-state index is 0.239. The highest BCUT2D eigenvalue weighted by molar-refractivity contribution is 5.89. The molecule has 1 aromatic rings. The Morgan fingerprint density at radius 1 is 1.02 bits per heavy atom.